The molecule has 1 amide bonds. The molecule has 0 aliphatic carbocycles. The Labute approximate surface area is 164 Å². The molecule has 148 valence electrons. The van der Waals surface area contributed by atoms with Crippen molar-refractivity contribution in [3.8, 4) is 0 Å². The van der Waals surface area contributed by atoms with Gasteiger partial charge in [-0.25, -0.2) is 9.59 Å². The maximum absolute atomic E-state index is 12.5. The fourth-order valence-corrected chi connectivity index (χ4v) is 2.71. The smallest absolute Gasteiger partial charge is 0.355 e. The summed E-state index contributed by atoms with van der Waals surface area (Å²) in [4.78, 5) is 38.6. The maximum atomic E-state index is 12.5. The number of nitrogens with one attached hydrogen (secondary N) is 1. The molecule has 0 bridgehead atoms. The lowest BCUT2D eigenvalue weighted by molar-refractivity contribution is -0.139. The van der Waals surface area contributed by atoms with E-state index in [2.05, 4.69) is 5.32 Å². The monoisotopic (exact) mass is 384 g/mol. The molecule has 2 rings (SSSR count). The van der Waals surface area contributed by atoms with E-state index in [1.807, 2.05) is 13.8 Å². The van der Waals surface area contributed by atoms with Crippen molar-refractivity contribution in [1.29, 1.82) is 0 Å². The van der Waals surface area contributed by atoms with Crippen molar-refractivity contribution < 1.29 is 23.9 Å². The fraction of sp³-hybridized carbons (Fsp3) is 0.286. The van der Waals surface area contributed by atoms with Gasteiger partial charge < -0.3 is 19.7 Å². The molecule has 1 aromatic rings. The van der Waals surface area contributed by atoms with Crippen LogP contribution in [0.25, 0.3) is 0 Å². The second-order valence-electron chi connectivity index (χ2n) is 6.48. The van der Waals surface area contributed by atoms with Crippen molar-refractivity contribution in [2.75, 3.05) is 24.4 Å². The molecule has 28 heavy (non-hydrogen) atoms. The molecule has 0 saturated heterocycles. The molecule has 1 heterocycles. The van der Waals surface area contributed by atoms with E-state index in [1.165, 1.54) is 25.2 Å². The standard InChI is InChI=1S/C21H24N2O5/c1-14(2)13-18(24)22-16-10-5-6-11-17(16)23-12-8-7-9-15(20(25)27-3)19(23)21(26)28-4/h5-12,14H,13H2,1-4H3,(H,22,24). The number of carbonyl (C=O) groups is 3. The molecule has 0 atom stereocenters. The SMILES string of the molecule is COC(=O)C1=C(C(=O)OC)N(c2ccccc2NC(=O)CC(C)C)C=CC=C1. The van der Waals surface area contributed by atoms with Gasteiger partial charge in [0.15, 0.2) is 0 Å². The molecule has 1 aromatic carbocycles. The van der Waals surface area contributed by atoms with E-state index < -0.39 is 11.9 Å². The van der Waals surface area contributed by atoms with Crippen molar-refractivity contribution in [3.63, 3.8) is 0 Å². The van der Waals surface area contributed by atoms with Crippen LogP contribution in [0.4, 0.5) is 11.4 Å². The molecule has 0 unspecified atom stereocenters. The van der Waals surface area contributed by atoms with E-state index >= 15 is 0 Å². The van der Waals surface area contributed by atoms with Gasteiger partial charge in [-0.1, -0.05) is 32.1 Å². The van der Waals surface area contributed by atoms with Crippen LogP contribution in [-0.4, -0.2) is 32.1 Å². The number of para-hydroxylation sites is 2. The van der Waals surface area contributed by atoms with Gasteiger partial charge in [-0.05, 0) is 30.2 Å². The normalized spacial score (nSPS) is 13.4. The minimum Gasteiger partial charge on any atom is -0.465 e. The van der Waals surface area contributed by atoms with Crippen LogP contribution in [-0.2, 0) is 23.9 Å². The van der Waals surface area contributed by atoms with E-state index in [4.69, 9.17) is 9.47 Å². The quantitative estimate of drug-likeness (QED) is 0.759. The van der Waals surface area contributed by atoms with E-state index in [-0.39, 0.29) is 23.1 Å². The highest BCUT2D eigenvalue weighted by Gasteiger charge is 2.28. The summed E-state index contributed by atoms with van der Waals surface area (Å²) in [5.41, 5.74) is 1.05. The Balaban J connectivity index is 2.57. The van der Waals surface area contributed by atoms with Crippen molar-refractivity contribution in [2.45, 2.75) is 20.3 Å². The van der Waals surface area contributed by atoms with E-state index in [0.717, 1.165) is 0 Å². The van der Waals surface area contributed by atoms with Crippen LogP contribution in [0.5, 0.6) is 0 Å². The van der Waals surface area contributed by atoms with Crippen molar-refractivity contribution >= 4 is 29.2 Å². The first kappa shape index (κ1) is 21.0. The molecule has 0 fully saturated rings. The number of amides is 1. The topological polar surface area (TPSA) is 84.9 Å². The van der Waals surface area contributed by atoms with Gasteiger partial charge in [0, 0.05) is 12.6 Å². The number of rotatable bonds is 6. The Hall–Kier alpha value is -3.35. The summed E-state index contributed by atoms with van der Waals surface area (Å²) >= 11 is 0. The van der Waals surface area contributed by atoms with Gasteiger partial charge in [-0.3, -0.25) is 4.79 Å². The summed E-state index contributed by atoms with van der Waals surface area (Å²) in [6, 6.07) is 7.01. The van der Waals surface area contributed by atoms with Crippen LogP contribution >= 0.6 is 0 Å². The molecule has 0 saturated carbocycles. The van der Waals surface area contributed by atoms with Gasteiger partial charge in [-0.2, -0.15) is 0 Å². The number of methoxy groups -OCH3 is 2. The predicted octanol–water partition coefficient (Wildman–Crippen LogP) is 3.16. The van der Waals surface area contributed by atoms with Crippen LogP contribution in [0, 0.1) is 5.92 Å². The second-order valence-corrected chi connectivity index (χ2v) is 6.48. The Morgan fingerprint density at radius 3 is 2.36 bits per heavy atom. The predicted molar refractivity (Wildman–Crippen MR) is 106 cm³/mol. The molecule has 0 spiro atoms. The number of hydrogen-bond donors (Lipinski definition) is 1. The summed E-state index contributed by atoms with van der Waals surface area (Å²) in [6.07, 6.45) is 6.75. The number of benzene rings is 1. The van der Waals surface area contributed by atoms with Crippen molar-refractivity contribution in [1.82, 2.24) is 0 Å². The molecule has 7 nitrogen and oxygen atoms in total. The van der Waals surface area contributed by atoms with E-state index in [0.29, 0.717) is 17.8 Å². The van der Waals surface area contributed by atoms with Crippen molar-refractivity contribution in [3.05, 3.63) is 60.0 Å². The Morgan fingerprint density at radius 2 is 1.71 bits per heavy atom. The van der Waals surface area contributed by atoms with Gasteiger partial charge in [0.25, 0.3) is 0 Å². The first-order valence-corrected chi connectivity index (χ1v) is 8.83. The number of carbonyl (C=O) groups excluding carboxylic acids is 3. The van der Waals surface area contributed by atoms with E-state index in [9.17, 15) is 14.4 Å². The zero-order valence-electron chi connectivity index (χ0n) is 16.4. The van der Waals surface area contributed by atoms with Gasteiger partial charge in [0.05, 0.1) is 31.2 Å². The molecule has 1 N–H and O–H groups in total. The van der Waals surface area contributed by atoms with Crippen molar-refractivity contribution in [2.24, 2.45) is 5.92 Å². The average molecular weight is 384 g/mol. The van der Waals surface area contributed by atoms with E-state index in [1.54, 1.807) is 42.6 Å². The largest absolute Gasteiger partial charge is 0.465 e. The Bertz CT molecular complexity index is 852. The first-order chi connectivity index (χ1) is 13.4. The lowest BCUT2D eigenvalue weighted by atomic mass is 10.1. The van der Waals surface area contributed by atoms with Gasteiger partial charge >= 0.3 is 11.9 Å². The molecule has 0 radical (unpaired) electrons. The summed E-state index contributed by atoms with van der Waals surface area (Å²) < 4.78 is 9.71. The van der Waals surface area contributed by atoms with Gasteiger partial charge in [0.1, 0.15) is 5.70 Å². The van der Waals surface area contributed by atoms with Crippen LogP contribution in [0.2, 0.25) is 0 Å². The molecule has 1 aliphatic rings. The fourth-order valence-electron chi connectivity index (χ4n) is 2.71. The van der Waals surface area contributed by atoms with Gasteiger partial charge in [-0.15, -0.1) is 0 Å². The summed E-state index contributed by atoms with van der Waals surface area (Å²) in [7, 11) is 2.47. The molecule has 0 aromatic heterocycles. The summed E-state index contributed by atoms with van der Waals surface area (Å²) in [5.74, 6) is -1.33. The van der Waals surface area contributed by atoms with Crippen LogP contribution in [0.3, 0.4) is 0 Å². The molecule has 1 aliphatic heterocycles. The molecule has 7 heteroatoms. The number of ether oxygens (including phenoxy) is 2. The third kappa shape index (κ3) is 4.88. The van der Waals surface area contributed by atoms with Crippen LogP contribution in [0.1, 0.15) is 20.3 Å². The van der Waals surface area contributed by atoms with Crippen LogP contribution in [0.15, 0.2) is 60.0 Å². The lowest BCUT2D eigenvalue weighted by Gasteiger charge is -2.25. The lowest BCUT2D eigenvalue weighted by Crippen LogP contribution is -2.28. The minimum absolute atomic E-state index is 0.00934. The summed E-state index contributed by atoms with van der Waals surface area (Å²) in [5, 5.41) is 2.87. The number of anilines is 2. The zero-order valence-corrected chi connectivity index (χ0v) is 16.4. The zero-order chi connectivity index (χ0) is 20.7. The average Bonchev–Trinajstić information content (AvgIpc) is 2.89. The van der Waals surface area contributed by atoms with Gasteiger partial charge in [0.2, 0.25) is 5.91 Å². The number of hydrogen-bond acceptors (Lipinski definition) is 6. The third-order valence-corrected chi connectivity index (χ3v) is 3.92. The molecular formula is C21H24N2O5. The third-order valence-electron chi connectivity index (χ3n) is 3.92. The minimum atomic E-state index is -0.708. The Kier molecular flexibility index (Phi) is 7.14. The second kappa shape index (κ2) is 9.55. The highest BCUT2D eigenvalue weighted by molar-refractivity contribution is 6.06. The number of esters is 2. The summed E-state index contributed by atoms with van der Waals surface area (Å²) in [6.45, 7) is 3.91. The first-order valence-electron chi connectivity index (χ1n) is 8.83. The highest BCUT2D eigenvalue weighted by atomic mass is 16.5. The van der Waals surface area contributed by atoms with Crippen LogP contribution < -0.4 is 10.2 Å². The number of nitrogens with zero attached hydrogens (tertiary/aromatic N) is 1. The Morgan fingerprint density at radius 1 is 1.04 bits per heavy atom. The maximum Gasteiger partial charge on any atom is 0.355 e. The number of allylic oxidation sites excluding steroid dienone is 2. The molecular weight excluding hydrogens is 360 g/mol. The highest BCUT2D eigenvalue weighted by Crippen LogP contribution is 2.32.